The molecule has 7 nitrogen and oxygen atoms in total. The van der Waals surface area contributed by atoms with Gasteiger partial charge in [-0.2, -0.15) is 0 Å². The van der Waals surface area contributed by atoms with Gasteiger partial charge in [0, 0.05) is 19.8 Å². The van der Waals surface area contributed by atoms with Crippen LogP contribution in [0.4, 0.5) is 4.79 Å². The van der Waals surface area contributed by atoms with Gasteiger partial charge in [-0.1, -0.05) is 19.8 Å². The fraction of sp³-hybridized carbons (Fsp3) is 0.812. The van der Waals surface area contributed by atoms with E-state index < -0.39 is 11.6 Å². The van der Waals surface area contributed by atoms with E-state index in [1.807, 2.05) is 13.8 Å². The number of urea groups is 1. The van der Waals surface area contributed by atoms with Crippen LogP contribution in [0.25, 0.3) is 0 Å². The van der Waals surface area contributed by atoms with E-state index >= 15 is 0 Å². The van der Waals surface area contributed by atoms with Crippen LogP contribution in [0.15, 0.2) is 0 Å². The fourth-order valence-electron chi connectivity index (χ4n) is 3.38. The third kappa shape index (κ3) is 3.83. The summed E-state index contributed by atoms with van der Waals surface area (Å²) in [5, 5.41) is 5.56. The SMILES string of the molecule is CCOCCCNC(=O)CN1C(=O)N[C@@]2(CCCC[C@H]2C)C1=O. The molecule has 0 unspecified atom stereocenters. The second kappa shape index (κ2) is 7.77. The van der Waals surface area contributed by atoms with Crippen LogP contribution in [0.2, 0.25) is 0 Å². The average molecular weight is 325 g/mol. The topological polar surface area (TPSA) is 87.7 Å². The highest BCUT2D eigenvalue weighted by molar-refractivity contribution is 6.09. The van der Waals surface area contributed by atoms with Crippen molar-refractivity contribution in [3.05, 3.63) is 0 Å². The van der Waals surface area contributed by atoms with Crippen molar-refractivity contribution < 1.29 is 19.1 Å². The standard InChI is InChI=1S/C16H27N3O4/c1-3-23-10-6-9-17-13(20)11-19-14(21)16(18-15(19)22)8-5-4-7-12(16)2/h12H,3-11H2,1-2H3,(H,17,20)(H,18,22)/t12-,16-/m1/s1. The van der Waals surface area contributed by atoms with Gasteiger partial charge in [0.25, 0.3) is 5.91 Å². The molecule has 1 saturated carbocycles. The molecule has 1 spiro atoms. The van der Waals surface area contributed by atoms with Gasteiger partial charge < -0.3 is 15.4 Å². The summed E-state index contributed by atoms with van der Waals surface area (Å²) in [4.78, 5) is 37.8. The number of amides is 4. The van der Waals surface area contributed by atoms with Crippen molar-refractivity contribution in [2.45, 2.75) is 51.5 Å². The predicted molar refractivity (Wildman–Crippen MR) is 84.7 cm³/mol. The highest BCUT2D eigenvalue weighted by Crippen LogP contribution is 2.38. The minimum absolute atomic E-state index is 0.104. The zero-order valence-electron chi connectivity index (χ0n) is 14.0. The number of nitrogens with one attached hydrogen (secondary N) is 2. The lowest BCUT2D eigenvalue weighted by Gasteiger charge is -2.36. The first-order chi connectivity index (χ1) is 11.0. The maximum Gasteiger partial charge on any atom is 0.325 e. The monoisotopic (exact) mass is 325 g/mol. The quantitative estimate of drug-likeness (QED) is 0.540. The summed E-state index contributed by atoms with van der Waals surface area (Å²) in [7, 11) is 0. The number of hydrogen-bond acceptors (Lipinski definition) is 4. The smallest absolute Gasteiger partial charge is 0.325 e. The molecule has 2 fully saturated rings. The van der Waals surface area contributed by atoms with Gasteiger partial charge in [0.05, 0.1) is 0 Å². The maximum absolute atomic E-state index is 12.7. The van der Waals surface area contributed by atoms with E-state index in [0.717, 1.165) is 24.2 Å². The van der Waals surface area contributed by atoms with Crippen LogP contribution in [-0.2, 0) is 14.3 Å². The van der Waals surface area contributed by atoms with Crippen molar-refractivity contribution in [3.63, 3.8) is 0 Å². The molecule has 23 heavy (non-hydrogen) atoms. The highest BCUT2D eigenvalue weighted by atomic mass is 16.5. The number of ether oxygens (including phenoxy) is 1. The molecular formula is C16H27N3O4. The van der Waals surface area contributed by atoms with Crippen molar-refractivity contribution in [3.8, 4) is 0 Å². The molecule has 1 aliphatic carbocycles. The molecule has 2 atom stereocenters. The molecule has 2 rings (SSSR count). The van der Waals surface area contributed by atoms with Crippen LogP contribution in [0.3, 0.4) is 0 Å². The average Bonchev–Trinajstić information content (AvgIpc) is 2.75. The van der Waals surface area contributed by atoms with Crippen LogP contribution < -0.4 is 10.6 Å². The summed E-state index contributed by atoms with van der Waals surface area (Å²) in [6.45, 7) is 5.40. The molecule has 0 aromatic carbocycles. The maximum atomic E-state index is 12.7. The van der Waals surface area contributed by atoms with Crippen molar-refractivity contribution in [2.75, 3.05) is 26.3 Å². The third-order valence-electron chi connectivity index (χ3n) is 4.79. The van der Waals surface area contributed by atoms with E-state index in [2.05, 4.69) is 10.6 Å². The molecule has 2 aliphatic rings. The van der Waals surface area contributed by atoms with Gasteiger partial charge in [-0.15, -0.1) is 0 Å². The molecule has 0 aromatic rings. The molecule has 7 heteroatoms. The largest absolute Gasteiger partial charge is 0.382 e. The van der Waals surface area contributed by atoms with Crippen LogP contribution in [0, 0.1) is 5.92 Å². The zero-order chi connectivity index (χ0) is 16.9. The fourth-order valence-corrected chi connectivity index (χ4v) is 3.38. The van der Waals surface area contributed by atoms with Crippen molar-refractivity contribution in [2.24, 2.45) is 5.92 Å². The van der Waals surface area contributed by atoms with Crippen LogP contribution in [-0.4, -0.2) is 54.6 Å². The lowest BCUT2D eigenvalue weighted by Crippen LogP contribution is -2.54. The molecule has 1 heterocycles. The Morgan fingerprint density at radius 1 is 1.43 bits per heavy atom. The lowest BCUT2D eigenvalue weighted by atomic mass is 9.73. The first kappa shape index (κ1) is 17.7. The first-order valence-corrected chi connectivity index (χ1v) is 8.50. The lowest BCUT2D eigenvalue weighted by molar-refractivity contribution is -0.137. The number of carbonyl (C=O) groups is 3. The van der Waals surface area contributed by atoms with Gasteiger partial charge in [-0.05, 0) is 32.1 Å². The summed E-state index contributed by atoms with van der Waals surface area (Å²) in [6, 6.07) is -0.451. The normalized spacial score (nSPS) is 27.4. The van der Waals surface area contributed by atoms with Gasteiger partial charge in [-0.25, -0.2) is 4.79 Å². The second-order valence-corrected chi connectivity index (χ2v) is 6.34. The van der Waals surface area contributed by atoms with E-state index in [0.29, 0.717) is 32.6 Å². The van der Waals surface area contributed by atoms with E-state index in [-0.39, 0.29) is 24.3 Å². The van der Waals surface area contributed by atoms with E-state index in [1.165, 1.54) is 0 Å². The van der Waals surface area contributed by atoms with E-state index in [1.54, 1.807) is 0 Å². The number of carbonyl (C=O) groups excluding carboxylic acids is 3. The third-order valence-corrected chi connectivity index (χ3v) is 4.79. The van der Waals surface area contributed by atoms with E-state index in [4.69, 9.17) is 4.74 Å². The summed E-state index contributed by atoms with van der Waals surface area (Å²) in [5.74, 6) is -0.461. The molecule has 130 valence electrons. The first-order valence-electron chi connectivity index (χ1n) is 8.50. The molecule has 0 radical (unpaired) electrons. The highest BCUT2D eigenvalue weighted by Gasteiger charge is 2.55. The molecule has 2 N–H and O–H groups in total. The zero-order valence-corrected chi connectivity index (χ0v) is 14.0. The Labute approximate surface area is 137 Å². The number of rotatable bonds is 7. The van der Waals surface area contributed by atoms with Gasteiger partial charge in [0.15, 0.2) is 0 Å². The van der Waals surface area contributed by atoms with Crippen molar-refractivity contribution >= 4 is 17.8 Å². The Morgan fingerprint density at radius 2 is 2.22 bits per heavy atom. The van der Waals surface area contributed by atoms with Crippen LogP contribution in [0.1, 0.15) is 46.0 Å². The molecule has 1 aliphatic heterocycles. The second-order valence-electron chi connectivity index (χ2n) is 6.34. The number of imide groups is 1. The summed E-state index contributed by atoms with van der Waals surface area (Å²) >= 11 is 0. The Kier molecular flexibility index (Phi) is 5.98. The van der Waals surface area contributed by atoms with Gasteiger partial charge in [0.2, 0.25) is 5.91 Å². The summed E-state index contributed by atoms with van der Waals surface area (Å²) < 4.78 is 5.19. The predicted octanol–water partition coefficient (Wildman–Crippen LogP) is 1.03. The molecule has 0 aromatic heterocycles. The number of hydrogen-bond donors (Lipinski definition) is 2. The van der Waals surface area contributed by atoms with Gasteiger partial charge in [-0.3, -0.25) is 14.5 Å². The Morgan fingerprint density at radius 3 is 2.91 bits per heavy atom. The molecule has 0 bridgehead atoms. The van der Waals surface area contributed by atoms with Crippen LogP contribution in [0.5, 0.6) is 0 Å². The summed E-state index contributed by atoms with van der Waals surface area (Å²) in [5.41, 5.74) is -0.801. The number of nitrogens with zero attached hydrogens (tertiary/aromatic N) is 1. The Bertz CT molecular complexity index is 468. The molecule has 4 amide bonds. The Hall–Kier alpha value is -1.63. The molecular weight excluding hydrogens is 298 g/mol. The van der Waals surface area contributed by atoms with Crippen molar-refractivity contribution in [1.82, 2.24) is 15.5 Å². The van der Waals surface area contributed by atoms with Gasteiger partial charge >= 0.3 is 6.03 Å². The van der Waals surface area contributed by atoms with Gasteiger partial charge in [0.1, 0.15) is 12.1 Å². The van der Waals surface area contributed by atoms with Crippen molar-refractivity contribution in [1.29, 1.82) is 0 Å². The minimum atomic E-state index is -0.801. The minimum Gasteiger partial charge on any atom is -0.382 e. The van der Waals surface area contributed by atoms with E-state index in [9.17, 15) is 14.4 Å². The van der Waals surface area contributed by atoms with Crippen LogP contribution >= 0.6 is 0 Å². The Balaban J connectivity index is 1.87. The molecule has 1 saturated heterocycles. The summed E-state index contributed by atoms with van der Waals surface area (Å²) in [6.07, 6.45) is 4.29.